The predicted octanol–water partition coefficient (Wildman–Crippen LogP) is 3.43. The molecule has 0 radical (unpaired) electrons. The van der Waals surface area contributed by atoms with E-state index in [4.69, 9.17) is 4.42 Å². The molecule has 1 N–H and O–H groups in total. The molecule has 0 aliphatic rings. The Morgan fingerprint density at radius 2 is 2.05 bits per heavy atom. The summed E-state index contributed by atoms with van der Waals surface area (Å²) in [6.07, 6.45) is 4.25. The lowest BCUT2D eigenvalue weighted by Crippen LogP contribution is -2.30. The SMILES string of the molecule is Cc1occc1CN(C)C(C)CCCNCC(C)C. The Morgan fingerprint density at radius 1 is 1.32 bits per heavy atom. The molecule has 1 atom stereocenters. The first kappa shape index (κ1) is 16.3. The van der Waals surface area contributed by atoms with Crippen LogP contribution in [0.3, 0.4) is 0 Å². The highest BCUT2D eigenvalue weighted by Gasteiger charge is 2.11. The number of hydrogen-bond acceptors (Lipinski definition) is 3. The molecule has 3 heteroatoms. The van der Waals surface area contributed by atoms with Crippen LogP contribution in [0.1, 0.15) is 44.9 Å². The summed E-state index contributed by atoms with van der Waals surface area (Å²) >= 11 is 0. The van der Waals surface area contributed by atoms with Gasteiger partial charge in [-0.15, -0.1) is 0 Å². The molecule has 1 unspecified atom stereocenters. The van der Waals surface area contributed by atoms with E-state index in [1.54, 1.807) is 6.26 Å². The summed E-state index contributed by atoms with van der Waals surface area (Å²) < 4.78 is 5.34. The van der Waals surface area contributed by atoms with Gasteiger partial charge in [0.1, 0.15) is 5.76 Å². The number of nitrogens with one attached hydrogen (secondary N) is 1. The maximum Gasteiger partial charge on any atom is 0.105 e. The third-order valence-electron chi connectivity index (χ3n) is 3.67. The molecule has 3 nitrogen and oxygen atoms in total. The van der Waals surface area contributed by atoms with Crippen molar-refractivity contribution in [3.05, 3.63) is 23.7 Å². The van der Waals surface area contributed by atoms with Gasteiger partial charge in [0.05, 0.1) is 6.26 Å². The van der Waals surface area contributed by atoms with Crippen LogP contribution in [-0.4, -0.2) is 31.1 Å². The van der Waals surface area contributed by atoms with E-state index in [2.05, 4.69) is 44.1 Å². The molecule has 1 heterocycles. The topological polar surface area (TPSA) is 28.4 Å². The van der Waals surface area contributed by atoms with Gasteiger partial charge < -0.3 is 9.73 Å². The Bertz CT molecular complexity index is 346. The quantitative estimate of drug-likeness (QED) is 0.694. The summed E-state index contributed by atoms with van der Waals surface area (Å²) in [4.78, 5) is 2.40. The predicted molar refractivity (Wildman–Crippen MR) is 81.3 cm³/mol. The highest BCUT2D eigenvalue weighted by atomic mass is 16.3. The molecule has 19 heavy (non-hydrogen) atoms. The van der Waals surface area contributed by atoms with Gasteiger partial charge in [0.25, 0.3) is 0 Å². The minimum Gasteiger partial charge on any atom is -0.469 e. The van der Waals surface area contributed by atoms with Crippen LogP contribution in [0.5, 0.6) is 0 Å². The monoisotopic (exact) mass is 266 g/mol. The van der Waals surface area contributed by atoms with Crippen LogP contribution in [-0.2, 0) is 6.54 Å². The second-order valence-electron chi connectivity index (χ2n) is 6.01. The van der Waals surface area contributed by atoms with Crippen LogP contribution in [0.15, 0.2) is 16.7 Å². The van der Waals surface area contributed by atoms with Crippen LogP contribution in [0.4, 0.5) is 0 Å². The van der Waals surface area contributed by atoms with E-state index in [9.17, 15) is 0 Å². The molecule has 0 amide bonds. The lowest BCUT2D eigenvalue weighted by atomic mass is 10.1. The Balaban J connectivity index is 2.18. The lowest BCUT2D eigenvalue weighted by molar-refractivity contribution is 0.233. The van der Waals surface area contributed by atoms with Crippen LogP contribution in [0.25, 0.3) is 0 Å². The minimum absolute atomic E-state index is 0.607. The van der Waals surface area contributed by atoms with Gasteiger partial charge in [-0.3, -0.25) is 4.90 Å². The molecule has 0 fully saturated rings. The molecule has 0 saturated carbocycles. The number of nitrogens with zero attached hydrogens (tertiary/aromatic N) is 1. The van der Waals surface area contributed by atoms with Crippen molar-refractivity contribution in [1.29, 1.82) is 0 Å². The summed E-state index contributed by atoms with van der Waals surface area (Å²) in [5, 5.41) is 3.50. The normalized spacial score (nSPS) is 13.4. The van der Waals surface area contributed by atoms with E-state index in [1.807, 2.05) is 6.92 Å². The van der Waals surface area contributed by atoms with Gasteiger partial charge >= 0.3 is 0 Å². The van der Waals surface area contributed by atoms with Gasteiger partial charge in [-0.1, -0.05) is 13.8 Å². The fourth-order valence-corrected chi connectivity index (χ4v) is 2.13. The fourth-order valence-electron chi connectivity index (χ4n) is 2.13. The van der Waals surface area contributed by atoms with Crippen molar-refractivity contribution in [3.63, 3.8) is 0 Å². The first-order valence-electron chi connectivity index (χ1n) is 7.44. The van der Waals surface area contributed by atoms with E-state index >= 15 is 0 Å². The average Bonchev–Trinajstić information content (AvgIpc) is 2.74. The zero-order chi connectivity index (χ0) is 14.3. The number of rotatable bonds is 9. The molecule has 1 aromatic heterocycles. The average molecular weight is 266 g/mol. The van der Waals surface area contributed by atoms with Crippen LogP contribution >= 0.6 is 0 Å². The number of hydrogen-bond donors (Lipinski definition) is 1. The molecular formula is C16H30N2O. The first-order chi connectivity index (χ1) is 9.00. The van der Waals surface area contributed by atoms with Crippen molar-refractivity contribution in [1.82, 2.24) is 10.2 Å². The van der Waals surface area contributed by atoms with E-state index in [-0.39, 0.29) is 0 Å². The van der Waals surface area contributed by atoms with Gasteiger partial charge in [0.15, 0.2) is 0 Å². The zero-order valence-corrected chi connectivity index (χ0v) is 13.2. The molecule has 0 saturated heterocycles. The Kier molecular flexibility index (Phi) is 7.17. The minimum atomic E-state index is 0.607. The van der Waals surface area contributed by atoms with E-state index < -0.39 is 0 Å². The lowest BCUT2D eigenvalue weighted by Gasteiger charge is -2.24. The summed E-state index contributed by atoms with van der Waals surface area (Å²) in [5.74, 6) is 1.78. The second-order valence-corrected chi connectivity index (χ2v) is 6.01. The summed E-state index contributed by atoms with van der Waals surface area (Å²) in [7, 11) is 2.19. The molecule has 1 rings (SSSR count). The van der Waals surface area contributed by atoms with Gasteiger partial charge in [0, 0.05) is 18.2 Å². The van der Waals surface area contributed by atoms with Crippen LogP contribution in [0.2, 0.25) is 0 Å². The summed E-state index contributed by atoms with van der Waals surface area (Å²) in [6, 6.07) is 2.68. The third kappa shape index (κ3) is 6.26. The van der Waals surface area contributed by atoms with Crippen molar-refractivity contribution in [2.75, 3.05) is 20.1 Å². The molecule has 0 aliphatic carbocycles. The Labute approximate surface area is 118 Å². The first-order valence-corrected chi connectivity index (χ1v) is 7.44. The van der Waals surface area contributed by atoms with Gasteiger partial charge in [-0.05, 0) is 58.8 Å². The fraction of sp³-hybridized carbons (Fsp3) is 0.750. The summed E-state index contributed by atoms with van der Waals surface area (Å²) in [5.41, 5.74) is 1.30. The largest absolute Gasteiger partial charge is 0.469 e. The second kappa shape index (κ2) is 8.39. The van der Waals surface area contributed by atoms with Crippen molar-refractivity contribution in [3.8, 4) is 0 Å². The van der Waals surface area contributed by atoms with Crippen molar-refractivity contribution in [2.24, 2.45) is 5.92 Å². The third-order valence-corrected chi connectivity index (χ3v) is 3.67. The Morgan fingerprint density at radius 3 is 2.63 bits per heavy atom. The standard InChI is InChI=1S/C16H30N2O/c1-13(2)11-17-9-6-7-14(3)18(5)12-16-8-10-19-15(16)4/h8,10,13-14,17H,6-7,9,11-12H2,1-5H3. The van der Waals surface area contributed by atoms with E-state index in [0.29, 0.717) is 6.04 Å². The van der Waals surface area contributed by atoms with Gasteiger partial charge in [0.2, 0.25) is 0 Å². The molecular weight excluding hydrogens is 236 g/mol. The smallest absolute Gasteiger partial charge is 0.105 e. The van der Waals surface area contributed by atoms with Crippen molar-refractivity contribution in [2.45, 2.75) is 53.1 Å². The van der Waals surface area contributed by atoms with Gasteiger partial charge in [-0.25, -0.2) is 0 Å². The van der Waals surface area contributed by atoms with E-state index in [0.717, 1.165) is 31.3 Å². The van der Waals surface area contributed by atoms with Gasteiger partial charge in [-0.2, -0.15) is 0 Å². The highest BCUT2D eigenvalue weighted by Crippen LogP contribution is 2.14. The van der Waals surface area contributed by atoms with Crippen LogP contribution in [0, 0.1) is 12.8 Å². The molecule has 0 bridgehead atoms. The number of aryl methyl sites for hydroxylation is 1. The molecule has 0 spiro atoms. The van der Waals surface area contributed by atoms with Crippen molar-refractivity contribution >= 4 is 0 Å². The maximum atomic E-state index is 5.34. The molecule has 110 valence electrons. The number of furan rings is 1. The van der Waals surface area contributed by atoms with Crippen LogP contribution < -0.4 is 5.32 Å². The van der Waals surface area contributed by atoms with E-state index in [1.165, 1.54) is 18.4 Å². The maximum absolute atomic E-state index is 5.34. The highest BCUT2D eigenvalue weighted by molar-refractivity contribution is 5.15. The molecule has 1 aromatic rings. The molecule has 0 aliphatic heterocycles. The Hall–Kier alpha value is -0.800. The molecule has 0 aromatic carbocycles. The van der Waals surface area contributed by atoms with Crippen molar-refractivity contribution < 1.29 is 4.42 Å². The summed E-state index contributed by atoms with van der Waals surface area (Å²) in [6.45, 7) is 12.1. The zero-order valence-electron chi connectivity index (χ0n) is 13.2.